The summed E-state index contributed by atoms with van der Waals surface area (Å²) >= 11 is 1.46. The predicted octanol–water partition coefficient (Wildman–Crippen LogP) is 3.12. The highest BCUT2D eigenvalue weighted by molar-refractivity contribution is 7.09. The van der Waals surface area contributed by atoms with Crippen LogP contribution in [0.1, 0.15) is 45.9 Å². The van der Waals surface area contributed by atoms with Crippen molar-refractivity contribution in [3.63, 3.8) is 0 Å². The van der Waals surface area contributed by atoms with E-state index in [-0.39, 0.29) is 0 Å². The maximum absolute atomic E-state index is 4.45. The van der Waals surface area contributed by atoms with E-state index in [1.54, 1.807) is 0 Å². The van der Waals surface area contributed by atoms with Crippen molar-refractivity contribution in [1.82, 2.24) is 9.36 Å². The smallest absolute Gasteiger partial charge is 0.202 e. The lowest BCUT2D eigenvalue weighted by Crippen LogP contribution is -2.07. The third-order valence-corrected chi connectivity index (χ3v) is 2.84. The summed E-state index contributed by atoms with van der Waals surface area (Å²) in [6.45, 7) is 9.66. The monoisotopic (exact) mass is 213 g/mol. The summed E-state index contributed by atoms with van der Waals surface area (Å²) in [6, 6.07) is 0. The van der Waals surface area contributed by atoms with Crippen molar-refractivity contribution in [2.45, 2.75) is 40.0 Å². The summed E-state index contributed by atoms with van der Waals surface area (Å²) in [5, 5.41) is 4.24. The van der Waals surface area contributed by atoms with Crippen LogP contribution in [0.15, 0.2) is 0 Å². The molecular weight excluding hydrogens is 194 g/mol. The minimum atomic E-state index is 0.473. The van der Waals surface area contributed by atoms with E-state index >= 15 is 0 Å². The van der Waals surface area contributed by atoms with E-state index in [9.17, 15) is 0 Å². The third-order valence-electron chi connectivity index (χ3n) is 2.16. The van der Waals surface area contributed by atoms with Gasteiger partial charge in [-0.15, -0.1) is 0 Å². The highest BCUT2D eigenvalue weighted by Crippen LogP contribution is 2.20. The van der Waals surface area contributed by atoms with E-state index in [1.165, 1.54) is 11.5 Å². The number of hydrogen-bond donors (Lipinski definition) is 1. The molecule has 3 nitrogen and oxygen atoms in total. The standard InChI is InChI=1S/C10H19N3S/c1-5-8(4)9-12-10(14-13-9)11-6-7(2)3/h7-8H,5-6H2,1-4H3,(H,11,12,13). The second-order valence-corrected chi connectivity index (χ2v) is 4.79. The zero-order valence-electron chi connectivity index (χ0n) is 9.37. The van der Waals surface area contributed by atoms with Crippen LogP contribution in [0.2, 0.25) is 0 Å². The van der Waals surface area contributed by atoms with Gasteiger partial charge in [-0.1, -0.05) is 27.7 Å². The summed E-state index contributed by atoms with van der Waals surface area (Å²) in [7, 11) is 0. The van der Waals surface area contributed by atoms with Gasteiger partial charge >= 0.3 is 0 Å². The molecule has 0 amide bonds. The lowest BCUT2D eigenvalue weighted by Gasteiger charge is -2.04. The molecule has 1 aromatic heterocycles. The Bertz CT molecular complexity index is 270. The molecule has 0 aliphatic heterocycles. The van der Waals surface area contributed by atoms with E-state index in [0.717, 1.165) is 23.9 Å². The van der Waals surface area contributed by atoms with Crippen LogP contribution in [0.5, 0.6) is 0 Å². The summed E-state index contributed by atoms with van der Waals surface area (Å²) in [6.07, 6.45) is 1.10. The van der Waals surface area contributed by atoms with Crippen LogP contribution in [0.25, 0.3) is 0 Å². The molecule has 1 atom stereocenters. The average Bonchev–Trinajstić information content (AvgIpc) is 2.62. The summed E-state index contributed by atoms with van der Waals surface area (Å²) in [5.41, 5.74) is 0. The fraction of sp³-hybridized carbons (Fsp3) is 0.800. The summed E-state index contributed by atoms with van der Waals surface area (Å²) < 4.78 is 4.33. The molecule has 0 spiro atoms. The molecule has 1 heterocycles. The molecule has 0 saturated heterocycles. The van der Waals surface area contributed by atoms with Crippen LogP contribution < -0.4 is 5.32 Å². The number of nitrogens with zero attached hydrogens (tertiary/aromatic N) is 2. The normalized spacial score (nSPS) is 13.2. The quantitative estimate of drug-likeness (QED) is 0.816. The summed E-state index contributed by atoms with van der Waals surface area (Å²) in [5.74, 6) is 2.09. The Hall–Kier alpha value is -0.640. The molecule has 1 unspecified atom stereocenters. The molecule has 0 aliphatic carbocycles. The van der Waals surface area contributed by atoms with Gasteiger partial charge in [0, 0.05) is 24.0 Å². The Morgan fingerprint density at radius 3 is 2.64 bits per heavy atom. The second-order valence-electron chi connectivity index (χ2n) is 4.04. The number of rotatable bonds is 5. The zero-order valence-corrected chi connectivity index (χ0v) is 10.2. The molecular formula is C10H19N3S. The van der Waals surface area contributed by atoms with Gasteiger partial charge in [-0.05, 0) is 12.3 Å². The van der Waals surface area contributed by atoms with Gasteiger partial charge in [0.25, 0.3) is 0 Å². The first-order chi connectivity index (χ1) is 6.63. The summed E-state index contributed by atoms with van der Waals surface area (Å²) in [4.78, 5) is 4.45. The van der Waals surface area contributed by atoms with Gasteiger partial charge in [0.2, 0.25) is 5.13 Å². The Kier molecular flexibility index (Phi) is 4.32. The van der Waals surface area contributed by atoms with E-state index in [4.69, 9.17) is 0 Å². The fourth-order valence-corrected chi connectivity index (χ4v) is 1.66. The van der Waals surface area contributed by atoms with Crippen molar-refractivity contribution in [3.05, 3.63) is 5.82 Å². The maximum atomic E-state index is 4.45. The van der Waals surface area contributed by atoms with Gasteiger partial charge in [0.05, 0.1) is 0 Å². The highest BCUT2D eigenvalue weighted by atomic mass is 32.1. The predicted molar refractivity (Wildman–Crippen MR) is 61.9 cm³/mol. The minimum absolute atomic E-state index is 0.473. The van der Waals surface area contributed by atoms with Crippen molar-refractivity contribution in [2.75, 3.05) is 11.9 Å². The Labute approximate surface area is 90.1 Å². The number of aromatic nitrogens is 2. The van der Waals surface area contributed by atoms with Gasteiger partial charge in [0.15, 0.2) is 0 Å². The zero-order chi connectivity index (χ0) is 10.6. The molecule has 4 heteroatoms. The van der Waals surface area contributed by atoms with Crippen LogP contribution in [0, 0.1) is 5.92 Å². The van der Waals surface area contributed by atoms with Crippen molar-refractivity contribution < 1.29 is 0 Å². The van der Waals surface area contributed by atoms with E-state index in [2.05, 4.69) is 42.4 Å². The fourth-order valence-electron chi connectivity index (χ4n) is 0.981. The largest absolute Gasteiger partial charge is 0.360 e. The minimum Gasteiger partial charge on any atom is -0.360 e. The van der Waals surface area contributed by atoms with Crippen LogP contribution in [0.3, 0.4) is 0 Å². The molecule has 14 heavy (non-hydrogen) atoms. The van der Waals surface area contributed by atoms with Crippen molar-refractivity contribution in [3.8, 4) is 0 Å². The average molecular weight is 213 g/mol. The Balaban J connectivity index is 2.50. The van der Waals surface area contributed by atoms with Crippen LogP contribution in [0.4, 0.5) is 5.13 Å². The molecule has 1 rings (SSSR count). The van der Waals surface area contributed by atoms with E-state index in [1.807, 2.05) is 0 Å². The van der Waals surface area contributed by atoms with Crippen LogP contribution in [-0.2, 0) is 0 Å². The number of anilines is 1. The first-order valence-corrected chi connectivity index (χ1v) is 5.98. The lowest BCUT2D eigenvalue weighted by molar-refractivity contribution is 0.680. The molecule has 0 saturated carbocycles. The third kappa shape index (κ3) is 3.25. The van der Waals surface area contributed by atoms with Crippen molar-refractivity contribution in [1.29, 1.82) is 0 Å². The van der Waals surface area contributed by atoms with Gasteiger partial charge in [-0.2, -0.15) is 4.37 Å². The topological polar surface area (TPSA) is 37.8 Å². The number of nitrogens with one attached hydrogen (secondary N) is 1. The van der Waals surface area contributed by atoms with E-state index in [0.29, 0.717) is 11.8 Å². The SMILES string of the molecule is CCC(C)c1nsc(NCC(C)C)n1. The Morgan fingerprint density at radius 2 is 2.07 bits per heavy atom. The molecule has 0 fully saturated rings. The van der Waals surface area contributed by atoms with Gasteiger partial charge in [-0.3, -0.25) is 0 Å². The molecule has 1 aromatic rings. The first kappa shape index (κ1) is 11.4. The van der Waals surface area contributed by atoms with E-state index < -0.39 is 0 Å². The highest BCUT2D eigenvalue weighted by Gasteiger charge is 2.09. The van der Waals surface area contributed by atoms with Gasteiger partial charge in [0.1, 0.15) is 5.82 Å². The van der Waals surface area contributed by atoms with Gasteiger partial charge < -0.3 is 5.32 Å². The first-order valence-electron chi connectivity index (χ1n) is 5.21. The maximum Gasteiger partial charge on any atom is 0.202 e. The van der Waals surface area contributed by atoms with Crippen molar-refractivity contribution >= 4 is 16.7 Å². The van der Waals surface area contributed by atoms with Crippen LogP contribution >= 0.6 is 11.5 Å². The molecule has 80 valence electrons. The molecule has 0 aliphatic rings. The molecule has 0 radical (unpaired) electrons. The lowest BCUT2D eigenvalue weighted by atomic mass is 10.1. The number of hydrogen-bond acceptors (Lipinski definition) is 4. The van der Waals surface area contributed by atoms with Gasteiger partial charge in [-0.25, -0.2) is 4.98 Å². The Morgan fingerprint density at radius 1 is 1.36 bits per heavy atom. The molecule has 1 N–H and O–H groups in total. The second kappa shape index (κ2) is 5.29. The van der Waals surface area contributed by atoms with Crippen molar-refractivity contribution in [2.24, 2.45) is 5.92 Å². The molecule has 0 aromatic carbocycles. The van der Waals surface area contributed by atoms with Crippen LogP contribution in [-0.4, -0.2) is 15.9 Å². The molecule has 0 bridgehead atoms.